The average molecular weight is 513 g/mol. The van der Waals surface area contributed by atoms with Crippen LogP contribution in [0, 0.1) is 11.8 Å². The lowest BCUT2D eigenvalue weighted by molar-refractivity contribution is -0.124. The number of para-hydroxylation sites is 1. The van der Waals surface area contributed by atoms with Crippen molar-refractivity contribution in [2.45, 2.75) is 50.8 Å². The Hall–Kier alpha value is -2.34. The van der Waals surface area contributed by atoms with E-state index in [1.165, 1.54) is 0 Å². The van der Waals surface area contributed by atoms with Gasteiger partial charge in [-0.3, -0.25) is 14.4 Å². The summed E-state index contributed by atoms with van der Waals surface area (Å²) >= 11 is 3.76. The fourth-order valence-corrected chi connectivity index (χ4v) is 5.99. The molecule has 0 radical (unpaired) electrons. The van der Waals surface area contributed by atoms with E-state index in [1.807, 2.05) is 55.5 Å². The number of carbonyl (C=O) groups is 3. The summed E-state index contributed by atoms with van der Waals surface area (Å²) in [5, 5.41) is 0.181. The first-order chi connectivity index (χ1) is 16.5. The number of amides is 2. The summed E-state index contributed by atoms with van der Waals surface area (Å²) in [6, 6.07) is 15.5. The smallest absolute Gasteiger partial charge is 0.230 e. The number of nitrogens with one attached hydrogen (secondary N) is 1. The molecule has 2 aromatic rings. The molecule has 1 aliphatic rings. The Balaban J connectivity index is 1.49. The molecule has 0 aromatic heterocycles. The number of benzene rings is 2. The lowest BCUT2D eigenvalue weighted by Crippen LogP contribution is -2.32. The van der Waals surface area contributed by atoms with Crippen molar-refractivity contribution in [1.29, 1.82) is 0 Å². The zero-order valence-electron chi connectivity index (χ0n) is 19.1. The highest BCUT2D eigenvalue weighted by Gasteiger charge is 2.21. The van der Waals surface area contributed by atoms with Crippen molar-refractivity contribution < 1.29 is 14.4 Å². The fourth-order valence-electron chi connectivity index (χ4n) is 3.55. The normalized spacial score (nSPS) is 12.8. The van der Waals surface area contributed by atoms with Crippen LogP contribution < -0.4 is 9.62 Å². The third kappa shape index (κ3) is 7.86. The summed E-state index contributed by atoms with van der Waals surface area (Å²) < 4.78 is 2.33. The van der Waals surface area contributed by atoms with Crippen LogP contribution in [0.25, 0.3) is 0 Å². The molecule has 1 unspecified atom stereocenters. The Kier molecular flexibility index (Phi) is 10.4. The monoisotopic (exact) mass is 512 g/mol. The van der Waals surface area contributed by atoms with E-state index in [4.69, 9.17) is 0 Å². The molecule has 2 amide bonds. The Labute approximate surface area is 214 Å². The first kappa shape index (κ1) is 26.3. The number of ketones is 1. The molecule has 5 nitrogen and oxygen atoms in total. The lowest BCUT2D eigenvalue weighted by Gasteiger charge is -2.26. The molecule has 1 N–H and O–H groups in total. The minimum atomic E-state index is -0.0954. The van der Waals surface area contributed by atoms with Crippen LogP contribution in [0.2, 0.25) is 0 Å². The molecule has 0 fully saturated rings. The van der Waals surface area contributed by atoms with Crippen LogP contribution in [-0.2, 0) is 20.9 Å². The summed E-state index contributed by atoms with van der Waals surface area (Å²) in [4.78, 5) is 38.7. The van der Waals surface area contributed by atoms with E-state index < -0.39 is 0 Å². The molecular weight excluding hydrogens is 484 g/mol. The molecule has 0 aliphatic carbocycles. The Bertz CT molecular complexity index is 1090. The maximum Gasteiger partial charge on any atom is 0.230 e. The quantitative estimate of drug-likeness (QED) is 0.188. The first-order valence-electron chi connectivity index (χ1n) is 11.2. The number of fused-ring (bicyclic) bond motifs is 2. The molecule has 0 bridgehead atoms. The molecule has 0 saturated carbocycles. The number of hydrogen-bond donors (Lipinski definition) is 2. The van der Waals surface area contributed by atoms with Crippen molar-refractivity contribution in [1.82, 2.24) is 4.72 Å². The molecule has 0 spiro atoms. The predicted molar refractivity (Wildman–Crippen MR) is 145 cm³/mol. The van der Waals surface area contributed by atoms with Gasteiger partial charge in [-0.25, -0.2) is 0 Å². The third-order valence-corrected chi connectivity index (χ3v) is 8.53. The average Bonchev–Trinajstić information content (AvgIpc) is 2.83. The number of hydrogen-bond acceptors (Lipinski definition) is 6. The van der Waals surface area contributed by atoms with Gasteiger partial charge in [0.25, 0.3) is 0 Å². The maximum atomic E-state index is 13.2. The second-order valence-electron chi connectivity index (χ2n) is 8.01. The van der Waals surface area contributed by atoms with Gasteiger partial charge in [-0.1, -0.05) is 83.5 Å². The Morgan fingerprint density at radius 1 is 1.03 bits per heavy atom. The van der Waals surface area contributed by atoms with E-state index in [0.717, 1.165) is 34.6 Å². The second-order valence-corrected chi connectivity index (χ2v) is 11.2. The first-order valence-corrected chi connectivity index (χ1v) is 14.0. The number of anilines is 1. The van der Waals surface area contributed by atoms with Crippen molar-refractivity contribution >= 4 is 57.7 Å². The molecular formula is C26H28N2O3S3. The SMILES string of the molecule is CC(CC(=O)NS)SSCCCC(=O)CCC(=O)N1Cc2ccccc2C#Cc2ccccc21. The van der Waals surface area contributed by atoms with Crippen molar-refractivity contribution in [3.8, 4) is 11.8 Å². The lowest BCUT2D eigenvalue weighted by atomic mass is 10.0. The number of carbonyl (C=O) groups excluding carboxylic acids is 3. The second kappa shape index (κ2) is 13.5. The van der Waals surface area contributed by atoms with Crippen molar-refractivity contribution in [2.24, 2.45) is 0 Å². The van der Waals surface area contributed by atoms with Crippen LogP contribution >= 0.6 is 34.4 Å². The van der Waals surface area contributed by atoms with Crippen molar-refractivity contribution in [3.05, 3.63) is 65.2 Å². The minimum absolute atomic E-state index is 0.0690. The fraction of sp³-hybridized carbons (Fsp3) is 0.346. The van der Waals surface area contributed by atoms with Crippen LogP contribution in [0.1, 0.15) is 55.7 Å². The minimum Gasteiger partial charge on any atom is -0.307 e. The van der Waals surface area contributed by atoms with Crippen molar-refractivity contribution in [3.63, 3.8) is 0 Å². The van der Waals surface area contributed by atoms with E-state index in [-0.39, 0.29) is 35.7 Å². The summed E-state index contributed by atoms with van der Waals surface area (Å²) in [5.74, 6) is 7.17. The molecule has 178 valence electrons. The number of rotatable bonds is 11. The van der Waals surface area contributed by atoms with E-state index >= 15 is 0 Å². The Morgan fingerprint density at radius 2 is 1.74 bits per heavy atom. The van der Waals surface area contributed by atoms with Gasteiger partial charge in [0.2, 0.25) is 11.8 Å². The maximum absolute atomic E-state index is 13.2. The molecule has 34 heavy (non-hydrogen) atoms. The van der Waals surface area contributed by atoms with E-state index in [0.29, 0.717) is 19.4 Å². The van der Waals surface area contributed by atoms with Gasteiger partial charge in [-0.05, 0) is 30.2 Å². The summed E-state index contributed by atoms with van der Waals surface area (Å²) in [6.07, 6.45) is 2.04. The van der Waals surface area contributed by atoms with Gasteiger partial charge in [-0.15, -0.1) is 0 Å². The highest BCUT2D eigenvalue weighted by molar-refractivity contribution is 8.76. The van der Waals surface area contributed by atoms with Crippen LogP contribution in [-0.4, -0.2) is 28.6 Å². The van der Waals surface area contributed by atoms with Crippen LogP contribution in [0.3, 0.4) is 0 Å². The third-order valence-electron chi connectivity index (χ3n) is 5.30. The van der Waals surface area contributed by atoms with E-state index in [2.05, 4.69) is 29.4 Å². The van der Waals surface area contributed by atoms with Gasteiger partial charge in [0.15, 0.2) is 0 Å². The van der Waals surface area contributed by atoms with Gasteiger partial charge in [-0.2, -0.15) is 0 Å². The van der Waals surface area contributed by atoms with Crippen LogP contribution in [0.15, 0.2) is 48.5 Å². The molecule has 0 saturated heterocycles. The van der Waals surface area contributed by atoms with Crippen LogP contribution in [0.4, 0.5) is 5.69 Å². The number of Topliss-reactive ketones (excluding diaryl/α,β-unsaturated/α-hetero) is 1. The molecule has 1 atom stereocenters. The summed E-state index contributed by atoms with van der Waals surface area (Å²) in [5.41, 5.74) is 3.52. The standard InChI is InChI=1S/C26H28N2O3S3/c1-19(17-25(30)27-32)34-33-16-6-10-23(29)14-15-26(31)28-18-22-9-3-2-7-20(22)12-13-21-8-4-5-11-24(21)28/h2-5,7-9,11,19,32H,6,10,14-18H2,1H3,(H,27,30). The molecule has 8 heteroatoms. The number of nitrogens with zero attached hydrogens (tertiary/aromatic N) is 1. The van der Waals surface area contributed by atoms with Gasteiger partial charge in [0, 0.05) is 47.8 Å². The van der Waals surface area contributed by atoms with Crippen LogP contribution in [0.5, 0.6) is 0 Å². The molecule has 1 aliphatic heterocycles. The highest BCUT2D eigenvalue weighted by Crippen LogP contribution is 2.30. The predicted octanol–water partition coefficient (Wildman–Crippen LogP) is 5.18. The molecule has 3 rings (SSSR count). The van der Waals surface area contributed by atoms with Gasteiger partial charge in [0.1, 0.15) is 5.78 Å². The van der Waals surface area contributed by atoms with Crippen molar-refractivity contribution in [2.75, 3.05) is 10.7 Å². The zero-order valence-corrected chi connectivity index (χ0v) is 21.6. The molecule has 2 aromatic carbocycles. The highest BCUT2D eigenvalue weighted by atomic mass is 33.1. The number of thiol groups is 1. The zero-order chi connectivity index (χ0) is 24.3. The van der Waals surface area contributed by atoms with E-state index in [1.54, 1.807) is 26.5 Å². The molecule has 1 heterocycles. The summed E-state index contributed by atoms with van der Waals surface area (Å²) in [7, 11) is 3.30. The van der Waals surface area contributed by atoms with Gasteiger partial charge >= 0.3 is 0 Å². The summed E-state index contributed by atoms with van der Waals surface area (Å²) in [6.45, 7) is 2.43. The topological polar surface area (TPSA) is 66.5 Å². The largest absolute Gasteiger partial charge is 0.307 e. The Morgan fingerprint density at radius 3 is 2.53 bits per heavy atom. The van der Waals surface area contributed by atoms with Gasteiger partial charge in [0.05, 0.1) is 12.2 Å². The van der Waals surface area contributed by atoms with Gasteiger partial charge < -0.3 is 9.62 Å². The van der Waals surface area contributed by atoms with E-state index in [9.17, 15) is 14.4 Å².